The van der Waals surface area contributed by atoms with Crippen LogP contribution in [0.15, 0.2) is 42.5 Å². The highest BCUT2D eigenvalue weighted by Gasteiger charge is 2.11. The molecule has 0 N–H and O–H groups in total. The predicted octanol–water partition coefficient (Wildman–Crippen LogP) is 5.64. The second-order valence-electron chi connectivity index (χ2n) is 5.39. The SMILES string of the molecule is CCc1ccc(C(Cl)Cc2ccc(C)cc2)cc1CC. The largest absolute Gasteiger partial charge is 0.117 e. The summed E-state index contributed by atoms with van der Waals surface area (Å²) in [5.41, 5.74) is 6.70. The Bertz CT molecular complexity index is 554. The highest BCUT2D eigenvalue weighted by atomic mass is 35.5. The van der Waals surface area contributed by atoms with Crippen LogP contribution in [0.4, 0.5) is 0 Å². The van der Waals surface area contributed by atoms with Gasteiger partial charge in [-0.25, -0.2) is 0 Å². The van der Waals surface area contributed by atoms with Gasteiger partial charge >= 0.3 is 0 Å². The third-order valence-corrected chi connectivity index (χ3v) is 4.30. The van der Waals surface area contributed by atoms with Gasteiger partial charge in [-0.2, -0.15) is 0 Å². The van der Waals surface area contributed by atoms with E-state index in [-0.39, 0.29) is 5.38 Å². The fraction of sp³-hybridized carbons (Fsp3) is 0.368. The smallest absolute Gasteiger partial charge is 0.0625 e. The monoisotopic (exact) mass is 286 g/mol. The van der Waals surface area contributed by atoms with E-state index in [4.69, 9.17) is 11.6 Å². The Morgan fingerprint density at radius 1 is 0.900 bits per heavy atom. The Morgan fingerprint density at radius 2 is 1.55 bits per heavy atom. The van der Waals surface area contributed by atoms with Gasteiger partial charge < -0.3 is 0 Å². The van der Waals surface area contributed by atoms with Crippen LogP contribution in [-0.4, -0.2) is 0 Å². The quantitative estimate of drug-likeness (QED) is 0.624. The molecule has 2 aromatic rings. The van der Waals surface area contributed by atoms with E-state index in [2.05, 4.69) is 63.2 Å². The van der Waals surface area contributed by atoms with Gasteiger partial charge in [0.15, 0.2) is 0 Å². The number of hydrogen-bond donors (Lipinski definition) is 0. The Morgan fingerprint density at radius 3 is 2.15 bits per heavy atom. The van der Waals surface area contributed by atoms with Crippen molar-refractivity contribution in [3.63, 3.8) is 0 Å². The van der Waals surface area contributed by atoms with Crippen LogP contribution in [0, 0.1) is 6.92 Å². The second-order valence-corrected chi connectivity index (χ2v) is 5.92. The summed E-state index contributed by atoms with van der Waals surface area (Å²) >= 11 is 6.61. The van der Waals surface area contributed by atoms with Crippen molar-refractivity contribution in [2.45, 2.75) is 45.4 Å². The molecule has 0 aliphatic carbocycles. The molecule has 2 rings (SSSR count). The normalized spacial score (nSPS) is 12.4. The van der Waals surface area contributed by atoms with Crippen molar-refractivity contribution in [3.8, 4) is 0 Å². The second kappa shape index (κ2) is 6.95. The first-order chi connectivity index (χ1) is 9.63. The van der Waals surface area contributed by atoms with E-state index in [9.17, 15) is 0 Å². The highest BCUT2D eigenvalue weighted by molar-refractivity contribution is 6.20. The van der Waals surface area contributed by atoms with E-state index >= 15 is 0 Å². The molecular formula is C19H23Cl. The average molecular weight is 287 g/mol. The van der Waals surface area contributed by atoms with Crippen molar-refractivity contribution in [3.05, 3.63) is 70.3 Å². The van der Waals surface area contributed by atoms with Gasteiger partial charge in [0.1, 0.15) is 0 Å². The number of halogens is 1. The van der Waals surface area contributed by atoms with E-state index in [1.54, 1.807) is 0 Å². The summed E-state index contributed by atoms with van der Waals surface area (Å²) in [6.45, 7) is 6.53. The number of rotatable bonds is 5. The van der Waals surface area contributed by atoms with E-state index in [1.807, 2.05) is 0 Å². The van der Waals surface area contributed by atoms with Crippen molar-refractivity contribution in [1.29, 1.82) is 0 Å². The van der Waals surface area contributed by atoms with Gasteiger partial charge in [-0.1, -0.05) is 61.9 Å². The molecule has 2 aromatic carbocycles. The maximum atomic E-state index is 6.61. The van der Waals surface area contributed by atoms with Crippen molar-refractivity contribution < 1.29 is 0 Å². The minimum Gasteiger partial charge on any atom is -0.117 e. The van der Waals surface area contributed by atoms with Gasteiger partial charge in [-0.15, -0.1) is 11.6 Å². The van der Waals surface area contributed by atoms with Gasteiger partial charge in [0.25, 0.3) is 0 Å². The number of aryl methyl sites for hydroxylation is 3. The minimum absolute atomic E-state index is 0.0499. The molecule has 0 saturated carbocycles. The molecule has 0 amide bonds. The highest BCUT2D eigenvalue weighted by Crippen LogP contribution is 2.27. The molecule has 0 bridgehead atoms. The zero-order valence-electron chi connectivity index (χ0n) is 12.6. The molecule has 0 saturated heterocycles. The van der Waals surface area contributed by atoms with Gasteiger partial charge in [-0.05, 0) is 48.4 Å². The lowest BCUT2D eigenvalue weighted by Crippen LogP contribution is -1.99. The van der Waals surface area contributed by atoms with Crippen LogP contribution in [0.3, 0.4) is 0 Å². The molecule has 0 fully saturated rings. The fourth-order valence-electron chi connectivity index (χ4n) is 2.56. The summed E-state index contributed by atoms with van der Waals surface area (Å²) in [4.78, 5) is 0. The average Bonchev–Trinajstić information content (AvgIpc) is 2.48. The molecule has 1 unspecified atom stereocenters. The Labute approximate surface area is 127 Å². The molecule has 0 radical (unpaired) electrons. The van der Waals surface area contributed by atoms with Crippen molar-refractivity contribution >= 4 is 11.6 Å². The topological polar surface area (TPSA) is 0 Å². The number of alkyl halides is 1. The van der Waals surface area contributed by atoms with Crippen molar-refractivity contribution in [2.75, 3.05) is 0 Å². The Kier molecular flexibility index (Phi) is 5.25. The van der Waals surface area contributed by atoms with E-state index < -0.39 is 0 Å². The van der Waals surface area contributed by atoms with Crippen LogP contribution in [0.5, 0.6) is 0 Å². The first-order valence-electron chi connectivity index (χ1n) is 7.45. The molecule has 0 aromatic heterocycles. The number of benzene rings is 2. The van der Waals surface area contributed by atoms with E-state index in [0.717, 1.165) is 19.3 Å². The van der Waals surface area contributed by atoms with Crippen LogP contribution >= 0.6 is 11.6 Å². The summed E-state index contributed by atoms with van der Waals surface area (Å²) in [6.07, 6.45) is 3.05. The first-order valence-corrected chi connectivity index (χ1v) is 7.89. The lowest BCUT2D eigenvalue weighted by atomic mass is 9.96. The predicted molar refractivity (Wildman–Crippen MR) is 88.7 cm³/mol. The van der Waals surface area contributed by atoms with Crippen LogP contribution < -0.4 is 0 Å². The summed E-state index contributed by atoms with van der Waals surface area (Å²) in [5.74, 6) is 0. The molecular weight excluding hydrogens is 264 g/mol. The summed E-state index contributed by atoms with van der Waals surface area (Å²) in [5, 5.41) is 0.0499. The zero-order valence-corrected chi connectivity index (χ0v) is 13.4. The van der Waals surface area contributed by atoms with Gasteiger partial charge in [0.2, 0.25) is 0 Å². The van der Waals surface area contributed by atoms with Crippen molar-refractivity contribution in [2.24, 2.45) is 0 Å². The molecule has 106 valence electrons. The molecule has 1 atom stereocenters. The zero-order chi connectivity index (χ0) is 14.5. The van der Waals surface area contributed by atoms with Crippen LogP contribution in [0.2, 0.25) is 0 Å². The molecule has 1 heteroatoms. The maximum absolute atomic E-state index is 6.61. The molecule has 0 aliphatic heterocycles. The molecule has 0 nitrogen and oxygen atoms in total. The molecule has 20 heavy (non-hydrogen) atoms. The summed E-state index contributed by atoms with van der Waals surface area (Å²) in [6, 6.07) is 15.3. The standard InChI is InChI=1S/C19H23Cl/c1-4-16-10-11-18(13-17(16)5-2)19(20)12-15-8-6-14(3)7-9-15/h6-11,13,19H,4-5,12H2,1-3H3. The van der Waals surface area contributed by atoms with Crippen LogP contribution in [-0.2, 0) is 19.3 Å². The number of hydrogen-bond acceptors (Lipinski definition) is 0. The lowest BCUT2D eigenvalue weighted by molar-refractivity contribution is 0.908. The van der Waals surface area contributed by atoms with Gasteiger partial charge in [0, 0.05) is 0 Å². The van der Waals surface area contributed by atoms with Crippen molar-refractivity contribution in [1.82, 2.24) is 0 Å². The molecule has 0 aliphatic rings. The fourth-order valence-corrected chi connectivity index (χ4v) is 2.88. The van der Waals surface area contributed by atoms with Gasteiger partial charge in [-0.3, -0.25) is 0 Å². The summed E-state index contributed by atoms with van der Waals surface area (Å²) < 4.78 is 0. The van der Waals surface area contributed by atoms with E-state index in [0.29, 0.717) is 0 Å². The minimum atomic E-state index is 0.0499. The van der Waals surface area contributed by atoms with E-state index in [1.165, 1.54) is 27.8 Å². The Hall–Kier alpha value is -1.27. The van der Waals surface area contributed by atoms with Crippen LogP contribution in [0.1, 0.15) is 47.0 Å². The van der Waals surface area contributed by atoms with Gasteiger partial charge in [0.05, 0.1) is 5.38 Å². The third kappa shape index (κ3) is 3.64. The lowest BCUT2D eigenvalue weighted by Gasteiger charge is -2.14. The van der Waals surface area contributed by atoms with Crippen LogP contribution in [0.25, 0.3) is 0 Å². The summed E-state index contributed by atoms with van der Waals surface area (Å²) in [7, 11) is 0. The maximum Gasteiger partial charge on any atom is 0.0625 e. The third-order valence-electron chi connectivity index (χ3n) is 3.89. The molecule has 0 heterocycles. The first kappa shape index (κ1) is 15.1. The Balaban J connectivity index is 2.16. The molecule has 0 spiro atoms.